The van der Waals surface area contributed by atoms with Gasteiger partial charge in [-0.05, 0) is 50.5 Å². The van der Waals surface area contributed by atoms with E-state index in [9.17, 15) is 14.7 Å². The molecular weight excluding hydrogens is 320 g/mol. The molecule has 2 heterocycles. The average Bonchev–Trinajstić information content (AvgIpc) is 3.06. The van der Waals surface area contributed by atoms with Crippen LogP contribution in [0.15, 0.2) is 11.6 Å². The summed E-state index contributed by atoms with van der Waals surface area (Å²) in [5, 5.41) is 11.9. The van der Waals surface area contributed by atoms with E-state index >= 15 is 0 Å². The highest BCUT2D eigenvalue weighted by Gasteiger charge is 2.70. The van der Waals surface area contributed by atoms with Crippen LogP contribution in [-0.4, -0.2) is 35.4 Å². The van der Waals surface area contributed by atoms with Crippen molar-refractivity contribution < 1.29 is 24.2 Å². The molecule has 0 spiro atoms. The molecule has 0 bridgehead atoms. The molecule has 2 aliphatic heterocycles. The lowest BCUT2D eigenvalue weighted by Crippen LogP contribution is -2.65. The van der Waals surface area contributed by atoms with E-state index in [1.54, 1.807) is 6.08 Å². The number of carbonyl (C=O) groups excluding carboxylic acids is 2. The first-order valence-electron chi connectivity index (χ1n) is 9.50. The Morgan fingerprint density at radius 1 is 1.28 bits per heavy atom. The minimum absolute atomic E-state index is 0.0469. The van der Waals surface area contributed by atoms with Crippen molar-refractivity contribution in [2.24, 2.45) is 22.7 Å². The number of carbonyl (C=O) groups is 2. The summed E-state index contributed by atoms with van der Waals surface area (Å²) in [6, 6.07) is 0. The summed E-state index contributed by atoms with van der Waals surface area (Å²) in [7, 11) is 0. The van der Waals surface area contributed by atoms with Gasteiger partial charge in [-0.15, -0.1) is 0 Å². The largest absolute Gasteiger partial charge is 0.462 e. The molecule has 2 saturated carbocycles. The van der Waals surface area contributed by atoms with Crippen molar-refractivity contribution >= 4 is 11.9 Å². The van der Waals surface area contributed by atoms with E-state index in [2.05, 4.69) is 13.8 Å². The molecular formula is C20H28O5. The predicted octanol–water partition coefficient (Wildman–Crippen LogP) is 2.76. The van der Waals surface area contributed by atoms with Crippen LogP contribution in [-0.2, 0) is 19.1 Å². The second-order valence-corrected chi connectivity index (χ2v) is 9.08. The third-order valence-corrected chi connectivity index (χ3v) is 7.80. The molecule has 5 heteroatoms. The summed E-state index contributed by atoms with van der Waals surface area (Å²) in [5.74, 6) is -0.254. The Hall–Kier alpha value is -1.36. The number of hydrogen-bond acceptors (Lipinski definition) is 5. The lowest BCUT2D eigenvalue weighted by molar-refractivity contribution is -0.217. The van der Waals surface area contributed by atoms with Crippen LogP contribution in [0.1, 0.15) is 59.3 Å². The molecule has 4 aliphatic rings. The van der Waals surface area contributed by atoms with E-state index in [4.69, 9.17) is 9.47 Å². The lowest BCUT2D eigenvalue weighted by Gasteiger charge is -2.61. The lowest BCUT2D eigenvalue weighted by atomic mass is 9.44. The van der Waals surface area contributed by atoms with Crippen LogP contribution in [0.3, 0.4) is 0 Å². The minimum Gasteiger partial charge on any atom is -0.462 e. The first-order valence-corrected chi connectivity index (χ1v) is 9.50. The average molecular weight is 348 g/mol. The van der Waals surface area contributed by atoms with Crippen molar-refractivity contribution in [3.8, 4) is 0 Å². The van der Waals surface area contributed by atoms with Crippen LogP contribution in [0, 0.1) is 22.7 Å². The van der Waals surface area contributed by atoms with Gasteiger partial charge in [0.25, 0.3) is 0 Å². The van der Waals surface area contributed by atoms with Gasteiger partial charge in [-0.25, -0.2) is 4.79 Å². The molecule has 5 nitrogen and oxygen atoms in total. The third kappa shape index (κ3) is 2.17. The zero-order chi connectivity index (χ0) is 18.0. The van der Waals surface area contributed by atoms with Gasteiger partial charge in [-0.1, -0.05) is 20.3 Å². The molecule has 4 rings (SSSR count). The summed E-state index contributed by atoms with van der Waals surface area (Å²) in [5.41, 5.74) is -0.736. The third-order valence-electron chi connectivity index (χ3n) is 7.80. The summed E-state index contributed by atoms with van der Waals surface area (Å²) in [6.07, 6.45) is 6.14. The van der Waals surface area contributed by atoms with Gasteiger partial charge < -0.3 is 14.6 Å². The van der Waals surface area contributed by atoms with Gasteiger partial charge >= 0.3 is 11.9 Å². The molecule has 138 valence electrons. The van der Waals surface area contributed by atoms with Crippen LogP contribution in [0.25, 0.3) is 0 Å². The maximum absolute atomic E-state index is 12.6. The molecule has 1 saturated heterocycles. The SMILES string of the molecule is C[C@@H]1C[C@H]2OC(=O)[C@@]3(C)CCC[C@@](C)([C@@H]23)[C@@]1(O)CCC1=CC(=O)OC1. The van der Waals surface area contributed by atoms with E-state index in [-0.39, 0.29) is 35.3 Å². The van der Waals surface area contributed by atoms with Gasteiger partial charge in [0, 0.05) is 17.4 Å². The van der Waals surface area contributed by atoms with Gasteiger partial charge in [0.2, 0.25) is 0 Å². The van der Waals surface area contributed by atoms with Gasteiger partial charge in [-0.2, -0.15) is 0 Å². The number of aliphatic hydroxyl groups is 1. The molecule has 0 aromatic carbocycles. The van der Waals surface area contributed by atoms with Gasteiger partial charge in [-0.3, -0.25) is 4.79 Å². The molecule has 3 fully saturated rings. The number of ether oxygens (including phenoxy) is 2. The van der Waals surface area contributed by atoms with Crippen molar-refractivity contribution in [3.63, 3.8) is 0 Å². The number of cyclic esters (lactones) is 1. The number of hydrogen-bond donors (Lipinski definition) is 1. The number of esters is 2. The van der Waals surface area contributed by atoms with Crippen molar-refractivity contribution in [1.82, 2.24) is 0 Å². The Bertz CT molecular complexity index is 654. The molecule has 0 aromatic rings. The standard InChI is InChI=1S/C20H28O5/c1-12-9-14-16-18(2,17(22)25-14)6-4-7-19(16,3)20(12,23)8-5-13-10-15(21)24-11-13/h10,12,14,16,23H,4-9,11H2,1-3H3/t12-,14-,16+,18+,19+,20-/m1/s1. The van der Waals surface area contributed by atoms with E-state index in [0.29, 0.717) is 25.9 Å². The highest BCUT2D eigenvalue weighted by atomic mass is 16.6. The Kier molecular flexibility index (Phi) is 3.63. The quantitative estimate of drug-likeness (QED) is 0.794. The first-order chi connectivity index (χ1) is 11.7. The molecule has 0 amide bonds. The minimum atomic E-state index is -0.865. The fraction of sp³-hybridized carbons (Fsp3) is 0.800. The predicted molar refractivity (Wildman–Crippen MR) is 90.4 cm³/mol. The highest BCUT2D eigenvalue weighted by Crippen LogP contribution is 2.67. The van der Waals surface area contributed by atoms with Gasteiger partial charge in [0.05, 0.1) is 11.0 Å². The summed E-state index contributed by atoms with van der Waals surface area (Å²) >= 11 is 0. The van der Waals surface area contributed by atoms with Crippen molar-refractivity contribution in [1.29, 1.82) is 0 Å². The highest BCUT2D eigenvalue weighted by molar-refractivity contribution is 5.85. The summed E-state index contributed by atoms with van der Waals surface area (Å²) < 4.78 is 10.8. The summed E-state index contributed by atoms with van der Waals surface area (Å²) in [4.78, 5) is 23.9. The summed E-state index contributed by atoms with van der Waals surface area (Å²) in [6.45, 7) is 6.60. The zero-order valence-electron chi connectivity index (χ0n) is 15.3. The monoisotopic (exact) mass is 348 g/mol. The smallest absolute Gasteiger partial charge is 0.331 e. The van der Waals surface area contributed by atoms with Crippen LogP contribution >= 0.6 is 0 Å². The molecule has 2 aliphatic carbocycles. The zero-order valence-corrected chi connectivity index (χ0v) is 15.3. The molecule has 0 aromatic heterocycles. The van der Waals surface area contributed by atoms with Crippen molar-refractivity contribution in [2.45, 2.75) is 71.0 Å². The van der Waals surface area contributed by atoms with E-state index in [1.807, 2.05) is 6.92 Å². The second-order valence-electron chi connectivity index (χ2n) is 9.08. The molecule has 1 N–H and O–H groups in total. The normalized spacial score (nSPS) is 48.6. The van der Waals surface area contributed by atoms with Crippen LogP contribution in [0.4, 0.5) is 0 Å². The Morgan fingerprint density at radius 2 is 2.04 bits per heavy atom. The van der Waals surface area contributed by atoms with E-state index in [0.717, 1.165) is 24.8 Å². The topological polar surface area (TPSA) is 72.8 Å². The molecule has 6 atom stereocenters. The first kappa shape index (κ1) is 17.1. The molecule has 0 radical (unpaired) electrons. The Balaban J connectivity index is 1.66. The van der Waals surface area contributed by atoms with E-state index in [1.165, 1.54) is 0 Å². The maximum Gasteiger partial charge on any atom is 0.331 e. The van der Waals surface area contributed by atoms with Crippen LogP contribution in [0.2, 0.25) is 0 Å². The second kappa shape index (κ2) is 5.32. The molecule has 25 heavy (non-hydrogen) atoms. The molecule has 0 unspecified atom stereocenters. The number of rotatable bonds is 3. The van der Waals surface area contributed by atoms with E-state index < -0.39 is 11.0 Å². The maximum atomic E-state index is 12.6. The Labute approximate surface area is 148 Å². The van der Waals surface area contributed by atoms with Crippen molar-refractivity contribution in [2.75, 3.05) is 6.61 Å². The Morgan fingerprint density at radius 3 is 2.72 bits per heavy atom. The van der Waals surface area contributed by atoms with Crippen LogP contribution < -0.4 is 0 Å². The fourth-order valence-electron chi connectivity index (χ4n) is 6.44. The van der Waals surface area contributed by atoms with Gasteiger partial charge in [0.15, 0.2) is 0 Å². The van der Waals surface area contributed by atoms with Crippen LogP contribution in [0.5, 0.6) is 0 Å². The van der Waals surface area contributed by atoms with Gasteiger partial charge in [0.1, 0.15) is 12.7 Å². The van der Waals surface area contributed by atoms with Crippen molar-refractivity contribution in [3.05, 3.63) is 11.6 Å². The fourth-order valence-corrected chi connectivity index (χ4v) is 6.44.